The van der Waals surface area contributed by atoms with Crippen LogP contribution in [0.4, 0.5) is 5.69 Å². The highest BCUT2D eigenvalue weighted by Gasteiger charge is 2.33. The predicted molar refractivity (Wildman–Crippen MR) is 109 cm³/mol. The molecule has 3 rings (SSSR count). The third-order valence-corrected chi connectivity index (χ3v) is 6.97. The van der Waals surface area contributed by atoms with Crippen LogP contribution in [0.2, 0.25) is 0 Å². The molecule has 1 aliphatic heterocycles. The molecule has 2 aromatic carbocycles. The topological polar surface area (TPSA) is 75.7 Å². The van der Waals surface area contributed by atoms with Gasteiger partial charge in [0.05, 0.1) is 17.9 Å². The van der Waals surface area contributed by atoms with Gasteiger partial charge in [0, 0.05) is 18.8 Å². The van der Waals surface area contributed by atoms with Crippen LogP contribution in [0.25, 0.3) is 0 Å². The summed E-state index contributed by atoms with van der Waals surface area (Å²) in [5.74, 6) is 0.0902. The fraction of sp³-hybridized carbons (Fsp3) is 0.381. The fourth-order valence-electron chi connectivity index (χ4n) is 3.46. The van der Waals surface area contributed by atoms with Gasteiger partial charge in [-0.05, 0) is 62.6 Å². The van der Waals surface area contributed by atoms with E-state index in [4.69, 9.17) is 4.74 Å². The predicted octanol–water partition coefficient (Wildman–Crippen LogP) is 3.35. The van der Waals surface area contributed by atoms with E-state index >= 15 is 0 Å². The van der Waals surface area contributed by atoms with E-state index in [0.717, 1.165) is 16.8 Å². The minimum Gasteiger partial charge on any atom is -0.497 e. The van der Waals surface area contributed by atoms with Crippen LogP contribution in [0.1, 0.15) is 24.0 Å². The Bertz CT molecular complexity index is 955. The fourth-order valence-corrected chi connectivity index (χ4v) is 4.98. The smallest absolute Gasteiger partial charge is 0.243 e. The van der Waals surface area contributed by atoms with Gasteiger partial charge in [0.1, 0.15) is 5.75 Å². The van der Waals surface area contributed by atoms with Crippen molar-refractivity contribution < 1.29 is 17.9 Å². The van der Waals surface area contributed by atoms with Crippen molar-refractivity contribution in [2.75, 3.05) is 25.5 Å². The summed E-state index contributed by atoms with van der Waals surface area (Å²) in [4.78, 5) is 13.0. The molecule has 28 heavy (non-hydrogen) atoms. The van der Waals surface area contributed by atoms with Crippen LogP contribution in [-0.4, -0.2) is 38.8 Å². The highest BCUT2D eigenvalue weighted by Crippen LogP contribution is 2.26. The molecule has 1 saturated heterocycles. The number of carbonyl (C=O) groups is 1. The van der Waals surface area contributed by atoms with E-state index in [9.17, 15) is 13.2 Å². The molecular formula is C21H26N2O4S. The van der Waals surface area contributed by atoms with Gasteiger partial charge in [0.25, 0.3) is 0 Å². The van der Waals surface area contributed by atoms with Crippen molar-refractivity contribution in [1.82, 2.24) is 4.31 Å². The number of aryl methyl sites for hydroxylation is 2. The quantitative estimate of drug-likeness (QED) is 0.832. The number of amides is 1. The highest BCUT2D eigenvalue weighted by atomic mass is 32.2. The van der Waals surface area contributed by atoms with Gasteiger partial charge in [-0.25, -0.2) is 8.42 Å². The van der Waals surface area contributed by atoms with Crippen molar-refractivity contribution in [3.8, 4) is 5.75 Å². The van der Waals surface area contributed by atoms with Crippen molar-refractivity contribution in [3.63, 3.8) is 0 Å². The average molecular weight is 403 g/mol. The van der Waals surface area contributed by atoms with Gasteiger partial charge in [0.15, 0.2) is 0 Å². The number of hydrogen-bond acceptors (Lipinski definition) is 4. The Balaban J connectivity index is 1.72. The van der Waals surface area contributed by atoms with Crippen LogP contribution in [0, 0.1) is 19.8 Å². The maximum atomic E-state index is 13.0. The second-order valence-electron chi connectivity index (χ2n) is 7.19. The molecule has 6 nitrogen and oxygen atoms in total. The van der Waals surface area contributed by atoms with E-state index in [1.165, 1.54) is 23.5 Å². The monoisotopic (exact) mass is 402 g/mol. The zero-order valence-corrected chi connectivity index (χ0v) is 17.3. The SMILES string of the molecule is COc1ccc(S(=O)(=O)N2CCCC(C(=O)Nc3ccc(C)cc3C)C2)cc1. The van der Waals surface area contributed by atoms with Gasteiger partial charge in [-0.15, -0.1) is 0 Å². The van der Waals surface area contributed by atoms with Crippen LogP contribution < -0.4 is 10.1 Å². The molecule has 0 bridgehead atoms. The van der Waals surface area contributed by atoms with E-state index in [0.29, 0.717) is 25.1 Å². The molecule has 1 atom stereocenters. The van der Waals surface area contributed by atoms with Gasteiger partial charge in [-0.1, -0.05) is 17.7 Å². The lowest BCUT2D eigenvalue weighted by Gasteiger charge is -2.31. The normalized spacial score (nSPS) is 17.9. The van der Waals surface area contributed by atoms with Crippen LogP contribution in [0.5, 0.6) is 5.75 Å². The van der Waals surface area contributed by atoms with Gasteiger partial charge in [0.2, 0.25) is 15.9 Å². The first kappa shape index (κ1) is 20.4. The third kappa shape index (κ3) is 4.36. The largest absolute Gasteiger partial charge is 0.497 e. The minimum absolute atomic E-state index is 0.137. The first-order valence-corrected chi connectivity index (χ1v) is 10.8. The van der Waals surface area contributed by atoms with E-state index < -0.39 is 10.0 Å². The molecule has 0 aromatic heterocycles. The molecule has 0 radical (unpaired) electrons. The Hall–Kier alpha value is -2.38. The molecule has 150 valence electrons. The van der Waals surface area contributed by atoms with Crippen molar-refractivity contribution in [1.29, 1.82) is 0 Å². The molecule has 0 aliphatic carbocycles. The van der Waals surface area contributed by atoms with Crippen LogP contribution >= 0.6 is 0 Å². The highest BCUT2D eigenvalue weighted by molar-refractivity contribution is 7.89. The summed E-state index contributed by atoms with van der Waals surface area (Å²) >= 11 is 0. The number of nitrogens with one attached hydrogen (secondary N) is 1. The summed E-state index contributed by atoms with van der Waals surface area (Å²) in [6.45, 7) is 4.55. The molecule has 7 heteroatoms. The Morgan fingerprint density at radius 3 is 2.50 bits per heavy atom. The van der Waals surface area contributed by atoms with E-state index in [1.807, 2.05) is 32.0 Å². The Labute approximate surface area is 166 Å². The number of piperidine rings is 1. The summed E-state index contributed by atoms with van der Waals surface area (Å²) in [7, 11) is -2.11. The summed E-state index contributed by atoms with van der Waals surface area (Å²) in [5.41, 5.74) is 2.89. The van der Waals surface area contributed by atoms with Crippen LogP contribution in [-0.2, 0) is 14.8 Å². The summed E-state index contributed by atoms with van der Waals surface area (Å²) in [5, 5.41) is 2.96. The number of rotatable bonds is 5. The second-order valence-corrected chi connectivity index (χ2v) is 9.12. The molecule has 1 amide bonds. The summed E-state index contributed by atoms with van der Waals surface area (Å²) in [6.07, 6.45) is 1.33. The number of nitrogens with zero attached hydrogens (tertiary/aromatic N) is 1. The number of carbonyl (C=O) groups excluding carboxylic acids is 1. The first-order valence-electron chi connectivity index (χ1n) is 9.33. The molecule has 0 saturated carbocycles. The molecular weight excluding hydrogens is 376 g/mol. The Kier molecular flexibility index (Phi) is 6.05. The molecule has 2 aromatic rings. The number of hydrogen-bond donors (Lipinski definition) is 1. The van der Waals surface area contributed by atoms with Crippen molar-refractivity contribution in [3.05, 3.63) is 53.6 Å². The van der Waals surface area contributed by atoms with Gasteiger partial charge in [-0.3, -0.25) is 4.79 Å². The van der Waals surface area contributed by atoms with E-state index in [-0.39, 0.29) is 23.3 Å². The van der Waals surface area contributed by atoms with Crippen molar-refractivity contribution in [2.24, 2.45) is 5.92 Å². The standard InChI is InChI=1S/C21H26N2O4S/c1-15-6-11-20(16(2)13-15)22-21(24)17-5-4-12-23(14-17)28(25,26)19-9-7-18(27-3)8-10-19/h6-11,13,17H,4-5,12,14H2,1-3H3,(H,22,24). The zero-order valence-electron chi connectivity index (χ0n) is 16.4. The summed E-state index contributed by atoms with van der Waals surface area (Å²) < 4.78 is 32.4. The van der Waals surface area contributed by atoms with E-state index in [2.05, 4.69) is 5.32 Å². The van der Waals surface area contributed by atoms with Crippen molar-refractivity contribution in [2.45, 2.75) is 31.6 Å². The lowest BCUT2D eigenvalue weighted by atomic mass is 9.98. The molecule has 1 aliphatic rings. The zero-order chi connectivity index (χ0) is 20.3. The number of ether oxygens (including phenoxy) is 1. The lowest BCUT2D eigenvalue weighted by molar-refractivity contribution is -0.120. The molecule has 0 spiro atoms. The number of anilines is 1. The van der Waals surface area contributed by atoms with Crippen LogP contribution in [0.15, 0.2) is 47.4 Å². The summed E-state index contributed by atoms with van der Waals surface area (Å²) in [6, 6.07) is 12.2. The second kappa shape index (κ2) is 8.32. The molecule has 1 unspecified atom stereocenters. The number of methoxy groups -OCH3 is 1. The number of sulfonamides is 1. The average Bonchev–Trinajstić information content (AvgIpc) is 2.70. The maximum Gasteiger partial charge on any atom is 0.243 e. The Morgan fingerprint density at radius 2 is 1.86 bits per heavy atom. The van der Waals surface area contributed by atoms with Crippen molar-refractivity contribution >= 4 is 21.6 Å². The minimum atomic E-state index is -3.64. The third-order valence-electron chi connectivity index (χ3n) is 5.09. The first-order chi connectivity index (χ1) is 13.3. The maximum absolute atomic E-state index is 13.0. The van der Waals surface area contributed by atoms with Gasteiger partial charge < -0.3 is 10.1 Å². The number of benzene rings is 2. The van der Waals surface area contributed by atoms with Gasteiger partial charge in [-0.2, -0.15) is 4.31 Å². The van der Waals surface area contributed by atoms with E-state index in [1.54, 1.807) is 12.1 Å². The molecule has 1 N–H and O–H groups in total. The Morgan fingerprint density at radius 1 is 1.14 bits per heavy atom. The lowest BCUT2D eigenvalue weighted by Crippen LogP contribution is -2.43. The molecule has 1 heterocycles. The van der Waals surface area contributed by atoms with Crippen LogP contribution in [0.3, 0.4) is 0 Å². The van der Waals surface area contributed by atoms with Gasteiger partial charge >= 0.3 is 0 Å². The molecule has 1 fully saturated rings.